The second-order valence-electron chi connectivity index (χ2n) is 3.07. The molecule has 0 unspecified atom stereocenters. The highest BCUT2D eigenvalue weighted by molar-refractivity contribution is 8.01. The van der Waals surface area contributed by atoms with Gasteiger partial charge in [-0.25, -0.2) is 0 Å². The first-order valence-electron chi connectivity index (χ1n) is 4.98. The third kappa shape index (κ3) is 5.64. The number of hydrogen-bond acceptors (Lipinski definition) is 7. The Kier molecular flexibility index (Phi) is 6.15. The molecule has 0 spiro atoms. The number of thioether (sulfide) groups is 1. The first kappa shape index (κ1) is 14.5. The van der Waals surface area contributed by atoms with Gasteiger partial charge >= 0.3 is 0 Å². The molecule has 1 heterocycles. The Morgan fingerprint density at radius 3 is 2.94 bits per heavy atom. The molecule has 0 saturated carbocycles. The van der Waals surface area contributed by atoms with E-state index in [-0.39, 0.29) is 18.2 Å². The Hall–Kier alpha value is -1.61. The molecule has 0 bridgehead atoms. The van der Waals surface area contributed by atoms with Crippen molar-refractivity contribution in [1.82, 2.24) is 15.5 Å². The van der Waals surface area contributed by atoms with Crippen molar-refractivity contribution in [3.63, 3.8) is 0 Å². The van der Waals surface area contributed by atoms with Crippen molar-refractivity contribution in [1.29, 1.82) is 0 Å². The Morgan fingerprint density at radius 2 is 2.28 bits per heavy atom. The van der Waals surface area contributed by atoms with Crippen molar-refractivity contribution in [3.8, 4) is 0 Å². The van der Waals surface area contributed by atoms with Crippen LogP contribution in [0.4, 0.5) is 5.13 Å². The van der Waals surface area contributed by atoms with Crippen LogP contribution in [0.5, 0.6) is 0 Å². The van der Waals surface area contributed by atoms with Gasteiger partial charge in [0, 0.05) is 6.54 Å². The van der Waals surface area contributed by atoms with E-state index in [9.17, 15) is 9.59 Å². The monoisotopic (exact) mass is 287 g/mol. The van der Waals surface area contributed by atoms with E-state index in [1.165, 1.54) is 23.1 Å². The molecule has 9 heteroatoms. The lowest BCUT2D eigenvalue weighted by Gasteiger charge is -1.99. The van der Waals surface area contributed by atoms with Gasteiger partial charge in [-0.2, -0.15) is 0 Å². The minimum atomic E-state index is -0.569. The van der Waals surface area contributed by atoms with Crippen LogP contribution in [0.25, 0.3) is 0 Å². The third-order valence-corrected chi connectivity index (χ3v) is 3.60. The lowest BCUT2D eigenvalue weighted by Crippen LogP contribution is -2.34. The molecule has 0 fully saturated rings. The quantitative estimate of drug-likeness (QED) is 0.452. The summed E-state index contributed by atoms with van der Waals surface area (Å²) in [6.45, 7) is 4.03. The fourth-order valence-electron chi connectivity index (χ4n) is 0.863. The van der Waals surface area contributed by atoms with Crippen LogP contribution in [0.2, 0.25) is 0 Å². The van der Waals surface area contributed by atoms with E-state index in [0.717, 1.165) is 0 Å². The second kappa shape index (κ2) is 7.67. The molecule has 1 aromatic rings. The number of nitrogens with zero attached hydrogens (tertiary/aromatic N) is 2. The smallest absolute Gasteiger partial charge is 0.236 e. The van der Waals surface area contributed by atoms with Gasteiger partial charge in [0.2, 0.25) is 16.9 Å². The van der Waals surface area contributed by atoms with E-state index in [1.54, 1.807) is 6.08 Å². The summed E-state index contributed by atoms with van der Waals surface area (Å²) >= 11 is 2.60. The normalized spacial score (nSPS) is 9.78. The minimum Gasteiger partial charge on any atom is -0.368 e. The number of amides is 2. The van der Waals surface area contributed by atoms with Crippen LogP contribution in [0, 0.1) is 0 Å². The molecular weight excluding hydrogens is 274 g/mol. The lowest BCUT2D eigenvalue weighted by molar-refractivity contribution is -0.123. The number of carbonyl (C=O) groups excluding carboxylic acids is 2. The summed E-state index contributed by atoms with van der Waals surface area (Å²) in [5.41, 5.74) is 4.90. The van der Waals surface area contributed by atoms with Gasteiger partial charge in [-0.3, -0.25) is 9.59 Å². The lowest BCUT2D eigenvalue weighted by atomic mass is 10.6. The molecule has 1 aromatic heterocycles. The van der Waals surface area contributed by atoms with E-state index < -0.39 is 5.91 Å². The Morgan fingerprint density at radius 1 is 1.50 bits per heavy atom. The number of aromatic nitrogens is 2. The third-order valence-electron chi connectivity index (χ3n) is 1.59. The number of carbonyl (C=O) groups is 2. The van der Waals surface area contributed by atoms with Crippen LogP contribution in [-0.2, 0) is 9.59 Å². The molecule has 1 rings (SSSR count). The van der Waals surface area contributed by atoms with E-state index in [2.05, 4.69) is 27.4 Å². The topological polar surface area (TPSA) is 110 Å². The van der Waals surface area contributed by atoms with E-state index in [1.807, 2.05) is 0 Å². The van der Waals surface area contributed by atoms with Crippen molar-refractivity contribution in [2.24, 2.45) is 5.73 Å². The highest BCUT2D eigenvalue weighted by Crippen LogP contribution is 2.24. The summed E-state index contributed by atoms with van der Waals surface area (Å²) in [5, 5.41) is 13.8. The average Bonchev–Trinajstić information content (AvgIpc) is 2.79. The molecular formula is C9H13N5O2S2. The first-order valence-corrected chi connectivity index (χ1v) is 6.78. The van der Waals surface area contributed by atoms with E-state index in [0.29, 0.717) is 16.0 Å². The van der Waals surface area contributed by atoms with Crippen LogP contribution in [0.3, 0.4) is 0 Å². The maximum absolute atomic E-state index is 11.3. The van der Waals surface area contributed by atoms with Crippen molar-refractivity contribution >= 4 is 40.0 Å². The van der Waals surface area contributed by atoms with Gasteiger partial charge in [0.1, 0.15) is 0 Å². The fraction of sp³-hybridized carbons (Fsp3) is 0.333. The van der Waals surface area contributed by atoms with Gasteiger partial charge in [0.05, 0.1) is 12.3 Å². The highest BCUT2D eigenvalue weighted by Gasteiger charge is 2.08. The highest BCUT2D eigenvalue weighted by atomic mass is 32.2. The maximum atomic E-state index is 11.3. The number of rotatable bonds is 8. The summed E-state index contributed by atoms with van der Waals surface area (Å²) in [5.74, 6) is -0.668. The van der Waals surface area contributed by atoms with Crippen molar-refractivity contribution in [2.45, 2.75) is 4.34 Å². The fourth-order valence-corrected chi connectivity index (χ4v) is 2.45. The molecule has 0 aromatic carbocycles. The summed E-state index contributed by atoms with van der Waals surface area (Å²) in [6.07, 6.45) is 1.71. The summed E-state index contributed by atoms with van der Waals surface area (Å²) in [4.78, 5) is 21.7. The molecule has 0 aliphatic rings. The Labute approximate surface area is 112 Å². The average molecular weight is 287 g/mol. The number of nitrogens with two attached hydrogens (primary N) is 1. The van der Waals surface area contributed by atoms with Gasteiger partial charge in [-0.05, 0) is 0 Å². The van der Waals surface area contributed by atoms with E-state index in [4.69, 9.17) is 5.73 Å². The Bertz CT molecular complexity index is 434. The van der Waals surface area contributed by atoms with Gasteiger partial charge < -0.3 is 16.4 Å². The molecule has 0 atom stereocenters. The van der Waals surface area contributed by atoms with Gasteiger partial charge in [-0.1, -0.05) is 29.2 Å². The van der Waals surface area contributed by atoms with Gasteiger partial charge in [0.25, 0.3) is 0 Å². The van der Waals surface area contributed by atoms with E-state index >= 15 is 0 Å². The molecule has 0 radical (unpaired) electrons. The van der Waals surface area contributed by atoms with Crippen LogP contribution >= 0.6 is 23.1 Å². The zero-order chi connectivity index (χ0) is 13.4. The number of primary amides is 1. The Balaban J connectivity index is 2.30. The molecule has 0 aliphatic heterocycles. The van der Waals surface area contributed by atoms with Crippen molar-refractivity contribution in [2.75, 3.05) is 24.2 Å². The SMILES string of the molecule is C=CCNc1nnc(SCC(=O)NCC(N)=O)s1. The number of nitrogens with one attached hydrogen (secondary N) is 2. The molecule has 7 nitrogen and oxygen atoms in total. The molecule has 18 heavy (non-hydrogen) atoms. The minimum absolute atomic E-state index is 0.151. The molecule has 0 saturated heterocycles. The maximum Gasteiger partial charge on any atom is 0.236 e. The second-order valence-corrected chi connectivity index (χ2v) is 5.27. The molecule has 98 valence electrons. The van der Waals surface area contributed by atoms with Crippen molar-refractivity contribution < 1.29 is 9.59 Å². The van der Waals surface area contributed by atoms with Crippen molar-refractivity contribution in [3.05, 3.63) is 12.7 Å². The predicted octanol–water partition coefficient (Wildman–Crippen LogP) is -0.170. The van der Waals surface area contributed by atoms with Crippen LogP contribution < -0.4 is 16.4 Å². The molecule has 0 aliphatic carbocycles. The largest absolute Gasteiger partial charge is 0.368 e. The van der Waals surface area contributed by atoms with Crippen LogP contribution in [0.15, 0.2) is 17.0 Å². The zero-order valence-electron chi connectivity index (χ0n) is 9.51. The van der Waals surface area contributed by atoms with Gasteiger partial charge in [-0.15, -0.1) is 16.8 Å². The number of anilines is 1. The summed E-state index contributed by atoms with van der Waals surface area (Å²) < 4.78 is 0.677. The number of hydrogen-bond donors (Lipinski definition) is 3. The van der Waals surface area contributed by atoms with Crippen LogP contribution in [-0.4, -0.2) is 40.9 Å². The predicted molar refractivity (Wildman–Crippen MR) is 71.5 cm³/mol. The standard InChI is InChI=1S/C9H13N5O2S2/c1-2-3-11-8-13-14-9(18-8)17-5-7(16)12-4-6(10)15/h2H,1,3-5H2,(H2,10,15)(H,11,13)(H,12,16). The molecule has 4 N–H and O–H groups in total. The van der Waals surface area contributed by atoms with Crippen LogP contribution in [0.1, 0.15) is 0 Å². The van der Waals surface area contributed by atoms with Gasteiger partial charge in [0.15, 0.2) is 4.34 Å². The zero-order valence-corrected chi connectivity index (χ0v) is 11.1. The summed E-state index contributed by atoms with van der Waals surface area (Å²) in [6, 6.07) is 0. The molecule has 2 amide bonds. The summed E-state index contributed by atoms with van der Waals surface area (Å²) in [7, 11) is 0. The first-order chi connectivity index (χ1) is 8.61.